The molecule has 1 heterocycles. The molecule has 1 N–H and O–H groups in total. The van der Waals surface area contributed by atoms with Gasteiger partial charge < -0.3 is 15.0 Å². The summed E-state index contributed by atoms with van der Waals surface area (Å²) in [7, 11) is 1.31. The molecule has 0 radical (unpaired) electrons. The van der Waals surface area contributed by atoms with Gasteiger partial charge in [-0.25, -0.2) is 18.0 Å². The van der Waals surface area contributed by atoms with Crippen LogP contribution < -0.4 is 5.32 Å². The number of nitrogens with zero attached hydrogens (tertiary/aromatic N) is 1. The SMILES string of the molecule is COC(=O)[C@H]1CCCN(C(=O)NCCc2cc(F)c(F)c(F)c2)C1. The zero-order valence-electron chi connectivity index (χ0n) is 13.3. The van der Waals surface area contributed by atoms with Crippen LogP contribution in [0, 0.1) is 23.4 Å². The number of ether oxygens (including phenoxy) is 1. The summed E-state index contributed by atoms with van der Waals surface area (Å²) >= 11 is 0. The fourth-order valence-electron chi connectivity index (χ4n) is 2.70. The zero-order chi connectivity index (χ0) is 17.7. The largest absolute Gasteiger partial charge is 0.469 e. The molecule has 8 heteroatoms. The molecular formula is C16H19F3N2O3. The molecule has 24 heavy (non-hydrogen) atoms. The summed E-state index contributed by atoms with van der Waals surface area (Å²) in [5, 5.41) is 2.63. The maximum absolute atomic E-state index is 13.1. The number of carbonyl (C=O) groups excluding carboxylic acids is 2. The second-order valence-corrected chi connectivity index (χ2v) is 5.66. The molecule has 1 atom stereocenters. The second kappa shape index (κ2) is 8.03. The molecule has 132 valence electrons. The van der Waals surface area contributed by atoms with E-state index in [0.717, 1.165) is 12.1 Å². The normalized spacial score (nSPS) is 17.5. The van der Waals surface area contributed by atoms with Crippen molar-refractivity contribution in [2.75, 3.05) is 26.7 Å². The van der Waals surface area contributed by atoms with E-state index >= 15 is 0 Å². The van der Waals surface area contributed by atoms with E-state index in [4.69, 9.17) is 0 Å². The van der Waals surface area contributed by atoms with Crippen LogP contribution in [-0.2, 0) is 16.0 Å². The summed E-state index contributed by atoms with van der Waals surface area (Å²) in [5.41, 5.74) is 0.248. The summed E-state index contributed by atoms with van der Waals surface area (Å²) in [4.78, 5) is 25.1. The van der Waals surface area contributed by atoms with Gasteiger partial charge in [-0.05, 0) is 37.0 Å². The average Bonchev–Trinajstić information content (AvgIpc) is 2.58. The van der Waals surface area contributed by atoms with Crippen molar-refractivity contribution in [1.82, 2.24) is 10.2 Å². The number of amides is 2. The van der Waals surface area contributed by atoms with Crippen LogP contribution in [0.1, 0.15) is 18.4 Å². The number of rotatable bonds is 4. The highest BCUT2D eigenvalue weighted by molar-refractivity contribution is 5.77. The van der Waals surface area contributed by atoms with Crippen molar-refractivity contribution in [3.8, 4) is 0 Å². The number of nitrogens with one attached hydrogen (secondary N) is 1. The molecule has 0 spiro atoms. The van der Waals surface area contributed by atoms with Gasteiger partial charge >= 0.3 is 12.0 Å². The highest BCUT2D eigenvalue weighted by atomic mass is 19.2. The minimum atomic E-state index is -1.51. The molecule has 0 bridgehead atoms. The van der Waals surface area contributed by atoms with Crippen LogP contribution >= 0.6 is 0 Å². The molecule has 5 nitrogen and oxygen atoms in total. The quantitative estimate of drug-likeness (QED) is 0.673. The number of carbonyl (C=O) groups is 2. The van der Waals surface area contributed by atoms with Crippen molar-refractivity contribution in [2.45, 2.75) is 19.3 Å². The number of methoxy groups -OCH3 is 1. The third kappa shape index (κ3) is 4.39. The van der Waals surface area contributed by atoms with Gasteiger partial charge in [0, 0.05) is 19.6 Å². The van der Waals surface area contributed by atoms with Gasteiger partial charge in [0.2, 0.25) is 0 Å². The molecule has 1 aliphatic rings. The first-order chi connectivity index (χ1) is 11.4. The molecule has 1 aromatic carbocycles. The third-order valence-electron chi connectivity index (χ3n) is 3.98. The monoisotopic (exact) mass is 344 g/mol. The highest BCUT2D eigenvalue weighted by Gasteiger charge is 2.28. The van der Waals surface area contributed by atoms with E-state index in [2.05, 4.69) is 10.1 Å². The Labute approximate surface area is 137 Å². The smallest absolute Gasteiger partial charge is 0.317 e. The van der Waals surface area contributed by atoms with Crippen molar-refractivity contribution < 1.29 is 27.5 Å². The highest BCUT2D eigenvalue weighted by Crippen LogP contribution is 2.18. The maximum atomic E-state index is 13.1. The fraction of sp³-hybridized carbons (Fsp3) is 0.500. The number of esters is 1. The van der Waals surface area contributed by atoms with Crippen LogP contribution in [0.2, 0.25) is 0 Å². The van der Waals surface area contributed by atoms with Gasteiger partial charge in [0.25, 0.3) is 0 Å². The molecule has 0 aromatic heterocycles. The van der Waals surface area contributed by atoms with Crippen LogP contribution in [0.4, 0.5) is 18.0 Å². The molecule has 0 unspecified atom stereocenters. The van der Waals surface area contributed by atoms with Gasteiger partial charge in [-0.3, -0.25) is 4.79 Å². The Morgan fingerprint density at radius 3 is 2.58 bits per heavy atom. The molecule has 1 aromatic rings. The van der Waals surface area contributed by atoms with E-state index in [0.29, 0.717) is 19.4 Å². The lowest BCUT2D eigenvalue weighted by molar-refractivity contribution is -0.146. The van der Waals surface area contributed by atoms with Gasteiger partial charge in [-0.2, -0.15) is 0 Å². The Balaban J connectivity index is 1.84. The van der Waals surface area contributed by atoms with Crippen LogP contribution in [-0.4, -0.2) is 43.6 Å². The summed E-state index contributed by atoms with van der Waals surface area (Å²) in [6.07, 6.45) is 1.53. The lowest BCUT2D eigenvalue weighted by Crippen LogP contribution is -2.47. The molecule has 1 aliphatic heterocycles. The van der Waals surface area contributed by atoms with Crippen molar-refractivity contribution in [3.63, 3.8) is 0 Å². The van der Waals surface area contributed by atoms with E-state index in [1.54, 1.807) is 0 Å². The zero-order valence-corrected chi connectivity index (χ0v) is 13.3. The fourth-order valence-corrected chi connectivity index (χ4v) is 2.70. The Hall–Kier alpha value is -2.25. The molecule has 0 saturated carbocycles. The van der Waals surface area contributed by atoms with Gasteiger partial charge in [0.05, 0.1) is 13.0 Å². The lowest BCUT2D eigenvalue weighted by atomic mass is 9.98. The molecule has 2 rings (SSSR count). The second-order valence-electron chi connectivity index (χ2n) is 5.66. The van der Waals surface area contributed by atoms with Crippen molar-refractivity contribution >= 4 is 12.0 Å². The number of hydrogen-bond donors (Lipinski definition) is 1. The number of hydrogen-bond acceptors (Lipinski definition) is 3. The first-order valence-electron chi connectivity index (χ1n) is 7.66. The minimum Gasteiger partial charge on any atom is -0.469 e. The van der Waals surface area contributed by atoms with Crippen LogP contribution in [0.3, 0.4) is 0 Å². The van der Waals surface area contributed by atoms with Gasteiger partial charge in [-0.15, -0.1) is 0 Å². The van der Waals surface area contributed by atoms with Gasteiger partial charge in [0.1, 0.15) is 0 Å². The Morgan fingerprint density at radius 1 is 1.29 bits per heavy atom. The predicted molar refractivity (Wildman–Crippen MR) is 79.7 cm³/mol. The standard InChI is InChI=1S/C16H19F3N2O3/c1-24-15(22)11-3-2-6-21(9-11)16(23)20-5-4-10-7-12(17)14(19)13(18)8-10/h7-8,11H,2-6,9H2,1H3,(H,20,23)/t11-/m0/s1. The van der Waals surface area contributed by atoms with Crippen LogP contribution in [0.25, 0.3) is 0 Å². The Morgan fingerprint density at radius 2 is 1.96 bits per heavy atom. The van der Waals surface area contributed by atoms with E-state index in [1.165, 1.54) is 12.0 Å². The summed E-state index contributed by atoms with van der Waals surface area (Å²) in [6.45, 7) is 0.945. The predicted octanol–water partition coefficient (Wildman–Crippen LogP) is 2.24. The number of piperidine rings is 1. The number of urea groups is 1. The van der Waals surface area contributed by atoms with Gasteiger partial charge in [-0.1, -0.05) is 0 Å². The summed E-state index contributed by atoms with van der Waals surface area (Å²) in [6, 6.07) is 1.45. The van der Waals surface area contributed by atoms with Crippen molar-refractivity contribution in [3.05, 3.63) is 35.1 Å². The van der Waals surface area contributed by atoms with E-state index < -0.39 is 17.5 Å². The van der Waals surface area contributed by atoms with E-state index in [9.17, 15) is 22.8 Å². The first kappa shape index (κ1) is 18.1. The summed E-state index contributed by atoms with van der Waals surface area (Å²) < 4.78 is 43.8. The van der Waals surface area contributed by atoms with E-state index in [-0.39, 0.29) is 43.0 Å². The number of benzene rings is 1. The minimum absolute atomic E-state index is 0.142. The topological polar surface area (TPSA) is 58.6 Å². The van der Waals surface area contributed by atoms with Crippen molar-refractivity contribution in [2.24, 2.45) is 5.92 Å². The number of halogens is 3. The maximum Gasteiger partial charge on any atom is 0.317 e. The van der Waals surface area contributed by atoms with Crippen LogP contribution in [0.5, 0.6) is 0 Å². The van der Waals surface area contributed by atoms with E-state index in [1.807, 2.05) is 0 Å². The number of likely N-dealkylation sites (tertiary alicyclic amines) is 1. The molecular weight excluding hydrogens is 325 g/mol. The van der Waals surface area contributed by atoms with Crippen LogP contribution in [0.15, 0.2) is 12.1 Å². The molecule has 1 fully saturated rings. The third-order valence-corrected chi connectivity index (χ3v) is 3.98. The Kier molecular flexibility index (Phi) is 6.05. The average molecular weight is 344 g/mol. The van der Waals surface area contributed by atoms with Crippen molar-refractivity contribution in [1.29, 1.82) is 0 Å². The van der Waals surface area contributed by atoms with Gasteiger partial charge in [0.15, 0.2) is 17.5 Å². The molecule has 0 aliphatic carbocycles. The lowest BCUT2D eigenvalue weighted by Gasteiger charge is -2.31. The Bertz CT molecular complexity index is 602. The first-order valence-corrected chi connectivity index (χ1v) is 7.66. The molecule has 1 saturated heterocycles. The summed E-state index contributed by atoms with van der Waals surface area (Å²) in [5.74, 6) is -4.70. The molecule has 2 amide bonds.